The van der Waals surface area contributed by atoms with Crippen molar-refractivity contribution in [3.63, 3.8) is 0 Å². The molecule has 2 rings (SSSR count). The van der Waals surface area contributed by atoms with Crippen LogP contribution in [0, 0.1) is 6.92 Å². The van der Waals surface area contributed by atoms with E-state index < -0.39 is 17.6 Å². The summed E-state index contributed by atoms with van der Waals surface area (Å²) in [4.78, 5) is 11.8. The lowest BCUT2D eigenvalue weighted by Gasteiger charge is -2.09. The van der Waals surface area contributed by atoms with Gasteiger partial charge in [0.25, 0.3) is 5.91 Å². The van der Waals surface area contributed by atoms with Crippen molar-refractivity contribution in [2.45, 2.75) is 13.1 Å². The Balaban J connectivity index is 2.21. The summed E-state index contributed by atoms with van der Waals surface area (Å²) in [6.45, 7) is 1.54. The molecule has 0 aliphatic rings. The summed E-state index contributed by atoms with van der Waals surface area (Å²) in [5.74, 6) is -0.275. The highest BCUT2D eigenvalue weighted by Crippen LogP contribution is 2.30. The molecule has 7 heteroatoms. The van der Waals surface area contributed by atoms with Crippen LogP contribution in [0.4, 0.5) is 18.9 Å². The van der Waals surface area contributed by atoms with E-state index in [-0.39, 0.29) is 11.3 Å². The van der Waals surface area contributed by atoms with Crippen LogP contribution in [-0.4, -0.2) is 11.1 Å². The maximum absolute atomic E-state index is 12.5. The number of aromatic nitrogens is 1. The Kier molecular flexibility index (Phi) is 3.28. The van der Waals surface area contributed by atoms with Crippen molar-refractivity contribution in [2.75, 3.05) is 5.32 Å². The Hall–Kier alpha value is -2.31. The number of carbonyl (C=O) groups is 1. The Labute approximate surface area is 106 Å². The molecule has 19 heavy (non-hydrogen) atoms. The van der Waals surface area contributed by atoms with Crippen molar-refractivity contribution in [2.24, 2.45) is 0 Å². The van der Waals surface area contributed by atoms with Crippen molar-refractivity contribution < 1.29 is 22.5 Å². The summed E-state index contributed by atoms with van der Waals surface area (Å²) in [6, 6.07) is 4.38. The molecule has 0 bridgehead atoms. The molecule has 0 saturated heterocycles. The normalized spacial score (nSPS) is 11.4. The fraction of sp³-hybridized carbons (Fsp3) is 0.167. The van der Waals surface area contributed by atoms with Crippen LogP contribution in [0.5, 0.6) is 0 Å². The number of nitrogens with one attached hydrogen (secondary N) is 1. The van der Waals surface area contributed by atoms with Crippen LogP contribution in [0.15, 0.2) is 35.0 Å². The lowest BCUT2D eigenvalue weighted by molar-refractivity contribution is -0.137. The summed E-state index contributed by atoms with van der Waals surface area (Å²) < 4.78 is 42.2. The molecule has 0 atom stereocenters. The van der Waals surface area contributed by atoms with Crippen LogP contribution >= 0.6 is 0 Å². The summed E-state index contributed by atoms with van der Waals surface area (Å²) in [6.07, 6.45) is -3.24. The number of benzene rings is 1. The number of anilines is 1. The first-order valence-electron chi connectivity index (χ1n) is 5.28. The van der Waals surface area contributed by atoms with Gasteiger partial charge in [-0.3, -0.25) is 4.79 Å². The molecule has 0 fully saturated rings. The second kappa shape index (κ2) is 4.75. The van der Waals surface area contributed by atoms with Gasteiger partial charge in [0.2, 0.25) is 0 Å². The molecule has 0 spiro atoms. The molecule has 100 valence electrons. The fourth-order valence-electron chi connectivity index (χ4n) is 1.49. The van der Waals surface area contributed by atoms with E-state index in [4.69, 9.17) is 4.52 Å². The minimum absolute atomic E-state index is 0.0559. The molecule has 1 aromatic heterocycles. The number of hydrogen-bond donors (Lipinski definition) is 1. The maximum Gasteiger partial charge on any atom is 0.416 e. The molecule has 0 aliphatic carbocycles. The van der Waals surface area contributed by atoms with Gasteiger partial charge in [-0.15, -0.1) is 0 Å². The van der Waals surface area contributed by atoms with E-state index in [2.05, 4.69) is 10.5 Å². The highest BCUT2D eigenvalue weighted by molar-refractivity contribution is 6.04. The summed E-state index contributed by atoms with van der Waals surface area (Å²) in [5.41, 5.74) is -0.592. The molecule has 1 heterocycles. The predicted octanol–water partition coefficient (Wildman–Crippen LogP) is 3.25. The van der Waals surface area contributed by atoms with Crippen LogP contribution < -0.4 is 5.32 Å². The second-order valence-corrected chi connectivity index (χ2v) is 3.83. The second-order valence-electron chi connectivity index (χ2n) is 3.83. The largest absolute Gasteiger partial charge is 0.416 e. The van der Waals surface area contributed by atoms with Crippen molar-refractivity contribution in [3.8, 4) is 0 Å². The third-order valence-electron chi connectivity index (χ3n) is 2.44. The third kappa shape index (κ3) is 2.93. The topological polar surface area (TPSA) is 55.1 Å². The van der Waals surface area contributed by atoms with Gasteiger partial charge < -0.3 is 9.84 Å². The zero-order valence-electron chi connectivity index (χ0n) is 9.78. The van der Waals surface area contributed by atoms with E-state index in [0.29, 0.717) is 5.76 Å². The highest BCUT2D eigenvalue weighted by atomic mass is 19.4. The number of alkyl halides is 3. The molecule has 1 N–H and O–H groups in total. The number of halogens is 3. The highest BCUT2D eigenvalue weighted by Gasteiger charge is 2.30. The molecule has 1 aromatic carbocycles. The third-order valence-corrected chi connectivity index (χ3v) is 2.44. The molecular weight excluding hydrogens is 261 g/mol. The molecule has 4 nitrogen and oxygen atoms in total. The number of carbonyl (C=O) groups excluding carboxylic acids is 1. The van der Waals surface area contributed by atoms with Gasteiger partial charge in [-0.25, -0.2) is 0 Å². The minimum Gasteiger partial charge on any atom is -0.361 e. The Morgan fingerprint density at radius 3 is 2.68 bits per heavy atom. The van der Waals surface area contributed by atoms with Crippen molar-refractivity contribution in [1.29, 1.82) is 0 Å². The van der Waals surface area contributed by atoms with Crippen LogP contribution in [0.25, 0.3) is 0 Å². The molecule has 0 aliphatic heterocycles. The van der Waals surface area contributed by atoms with Gasteiger partial charge in [-0.2, -0.15) is 13.2 Å². The average Bonchev–Trinajstić information content (AvgIpc) is 2.75. The number of hydrogen-bond acceptors (Lipinski definition) is 3. The van der Waals surface area contributed by atoms with Crippen LogP contribution in [-0.2, 0) is 6.18 Å². The smallest absolute Gasteiger partial charge is 0.361 e. The lowest BCUT2D eigenvalue weighted by atomic mass is 10.2. The van der Waals surface area contributed by atoms with E-state index in [1.807, 2.05) is 0 Å². The van der Waals surface area contributed by atoms with Crippen LogP contribution in [0.2, 0.25) is 0 Å². The van der Waals surface area contributed by atoms with Gasteiger partial charge in [-0.1, -0.05) is 11.2 Å². The molecule has 0 unspecified atom stereocenters. The SMILES string of the molecule is Cc1oncc1C(=O)Nc1cccc(C(F)(F)F)c1. The van der Waals surface area contributed by atoms with Gasteiger partial charge in [0.05, 0.1) is 11.8 Å². The fourth-order valence-corrected chi connectivity index (χ4v) is 1.49. The monoisotopic (exact) mass is 270 g/mol. The average molecular weight is 270 g/mol. The number of rotatable bonds is 2. The summed E-state index contributed by atoms with van der Waals surface area (Å²) >= 11 is 0. The van der Waals surface area contributed by atoms with Crippen molar-refractivity contribution in [3.05, 3.63) is 47.3 Å². The Morgan fingerprint density at radius 2 is 2.11 bits per heavy atom. The number of amides is 1. The maximum atomic E-state index is 12.5. The minimum atomic E-state index is -4.45. The van der Waals surface area contributed by atoms with E-state index in [0.717, 1.165) is 12.1 Å². The quantitative estimate of drug-likeness (QED) is 0.911. The molecule has 1 amide bonds. The van der Waals surface area contributed by atoms with Gasteiger partial charge in [-0.05, 0) is 25.1 Å². The molecule has 0 saturated carbocycles. The number of aryl methyl sites for hydroxylation is 1. The lowest BCUT2D eigenvalue weighted by Crippen LogP contribution is -2.13. The van der Waals surface area contributed by atoms with E-state index >= 15 is 0 Å². The zero-order valence-corrected chi connectivity index (χ0v) is 9.78. The Morgan fingerprint density at radius 1 is 1.37 bits per heavy atom. The molecule has 2 aromatic rings. The first kappa shape index (κ1) is 13.1. The van der Waals surface area contributed by atoms with Crippen molar-refractivity contribution in [1.82, 2.24) is 5.16 Å². The van der Waals surface area contributed by atoms with Crippen LogP contribution in [0.3, 0.4) is 0 Å². The van der Waals surface area contributed by atoms with Gasteiger partial charge >= 0.3 is 6.18 Å². The molecule has 0 radical (unpaired) electrons. The van der Waals surface area contributed by atoms with Gasteiger partial charge in [0, 0.05) is 5.69 Å². The van der Waals surface area contributed by atoms with Crippen molar-refractivity contribution >= 4 is 11.6 Å². The standard InChI is InChI=1S/C12H9F3N2O2/c1-7-10(6-16-19-7)11(18)17-9-4-2-3-8(5-9)12(13,14)15/h2-6H,1H3,(H,17,18). The zero-order chi connectivity index (χ0) is 14.0. The summed E-state index contributed by atoms with van der Waals surface area (Å²) in [7, 11) is 0. The Bertz CT molecular complexity index is 605. The van der Waals surface area contributed by atoms with Gasteiger partial charge in [0.1, 0.15) is 11.3 Å². The first-order chi connectivity index (χ1) is 8.88. The van der Waals surface area contributed by atoms with E-state index in [9.17, 15) is 18.0 Å². The first-order valence-corrected chi connectivity index (χ1v) is 5.28. The van der Waals surface area contributed by atoms with E-state index in [1.54, 1.807) is 0 Å². The van der Waals surface area contributed by atoms with E-state index in [1.165, 1.54) is 25.3 Å². The van der Waals surface area contributed by atoms with Crippen LogP contribution in [0.1, 0.15) is 21.7 Å². The predicted molar refractivity (Wildman–Crippen MR) is 60.6 cm³/mol. The van der Waals surface area contributed by atoms with Gasteiger partial charge in [0.15, 0.2) is 0 Å². The number of nitrogens with zero attached hydrogens (tertiary/aromatic N) is 1. The summed E-state index contributed by atoms with van der Waals surface area (Å²) in [5, 5.41) is 5.78. The molecular formula is C12H9F3N2O2.